The standard InChI is InChI=1S/C8H12N2O/c1-2-8(7-9)10-3-5-11-6-4-10/h2,8H,1,3-6H2. The topological polar surface area (TPSA) is 36.3 Å². The van der Waals surface area contributed by atoms with E-state index in [0.29, 0.717) is 0 Å². The molecule has 0 bridgehead atoms. The summed E-state index contributed by atoms with van der Waals surface area (Å²) in [4.78, 5) is 2.07. The summed E-state index contributed by atoms with van der Waals surface area (Å²) in [5.41, 5.74) is 0. The predicted molar refractivity (Wildman–Crippen MR) is 42.0 cm³/mol. The fraction of sp³-hybridized carbons (Fsp3) is 0.625. The molecule has 0 amide bonds. The van der Waals surface area contributed by atoms with Crippen LogP contribution in [0.5, 0.6) is 0 Å². The quantitative estimate of drug-likeness (QED) is 0.537. The Morgan fingerprint density at radius 3 is 2.64 bits per heavy atom. The molecule has 3 nitrogen and oxygen atoms in total. The van der Waals surface area contributed by atoms with E-state index in [4.69, 9.17) is 10.00 Å². The molecule has 3 heteroatoms. The Morgan fingerprint density at radius 1 is 1.55 bits per heavy atom. The van der Waals surface area contributed by atoms with Crippen LogP contribution in [0.25, 0.3) is 0 Å². The van der Waals surface area contributed by atoms with Crippen molar-refractivity contribution >= 4 is 0 Å². The molecule has 0 aromatic heterocycles. The maximum absolute atomic E-state index is 8.67. The van der Waals surface area contributed by atoms with Gasteiger partial charge in [0, 0.05) is 13.1 Å². The SMILES string of the molecule is C=CC(C#N)N1CCOCC1. The van der Waals surface area contributed by atoms with E-state index in [0.717, 1.165) is 26.3 Å². The van der Waals surface area contributed by atoms with Gasteiger partial charge in [0.1, 0.15) is 6.04 Å². The summed E-state index contributed by atoms with van der Waals surface area (Å²) in [5, 5.41) is 8.67. The summed E-state index contributed by atoms with van der Waals surface area (Å²) < 4.78 is 5.15. The molecule has 1 saturated heterocycles. The molecule has 60 valence electrons. The number of rotatable bonds is 2. The molecule has 0 aliphatic carbocycles. The van der Waals surface area contributed by atoms with Crippen LogP contribution in [-0.4, -0.2) is 37.2 Å². The normalized spacial score (nSPS) is 22.1. The number of ether oxygens (including phenoxy) is 1. The van der Waals surface area contributed by atoms with Gasteiger partial charge in [-0.15, -0.1) is 6.58 Å². The van der Waals surface area contributed by atoms with Gasteiger partial charge >= 0.3 is 0 Å². The van der Waals surface area contributed by atoms with E-state index in [2.05, 4.69) is 17.5 Å². The summed E-state index contributed by atoms with van der Waals surface area (Å²) in [6.45, 7) is 6.73. The molecule has 1 aliphatic heterocycles. The number of hydrogen-bond acceptors (Lipinski definition) is 3. The van der Waals surface area contributed by atoms with Gasteiger partial charge in [-0.1, -0.05) is 6.08 Å². The van der Waals surface area contributed by atoms with Crippen LogP contribution in [0, 0.1) is 11.3 Å². The van der Waals surface area contributed by atoms with Gasteiger partial charge < -0.3 is 4.74 Å². The van der Waals surface area contributed by atoms with Crippen LogP contribution in [-0.2, 0) is 4.74 Å². The first-order chi connectivity index (χ1) is 5.38. The van der Waals surface area contributed by atoms with E-state index in [1.165, 1.54) is 0 Å². The van der Waals surface area contributed by atoms with E-state index < -0.39 is 0 Å². The second kappa shape index (κ2) is 4.12. The van der Waals surface area contributed by atoms with Crippen molar-refractivity contribution in [3.05, 3.63) is 12.7 Å². The van der Waals surface area contributed by atoms with Crippen LogP contribution in [0.1, 0.15) is 0 Å². The fourth-order valence-electron chi connectivity index (χ4n) is 1.14. The molecule has 0 aromatic carbocycles. The van der Waals surface area contributed by atoms with Gasteiger partial charge in [0.25, 0.3) is 0 Å². The summed E-state index contributed by atoms with van der Waals surface area (Å²) in [5.74, 6) is 0. The molecule has 1 heterocycles. The monoisotopic (exact) mass is 152 g/mol. The lowest BCUT2D eigenvalue weighted by Crippen LogP contribution is -2.41. The van der Waals surface area contributed by atoms with Gasteiger partial charge in [-0.05, 0) is 0 Å². The fourth-order valence-corrected chi connectivity index (χ4v) is 1.14. The summed E-state index contributed by atoms with van der Waals surface area (Å²) in [6, 6.07) is 2.03. The zero-order valence-corrected chi connectivity index (χ0v) is 6.49. The molecule has 1 fully saturated rings. The Kier molecular flexibility index (Phi) is 3.09. The molecule has 1 unspecified atom stereocenters. The van der Waals surface area contributed by atoms with Crippen molar-refractivity contribution in [2.75, 3.05) is 26.3 Å². The van der Waals surface area contributed by atoms with E-state index in [1.54, 1.807) is 6.08 Å². The molecular formula is C8H12N2O. The third kappa shape index (κ3) is 2.04. The van der Waals surface area contributed by atoms with Crippen molar-refractivity contribution in [1.82, 2.24) is 4.90 Å². The minimum Gasteiger partial charge on any atom is -0.379 e. The number of morpholine rings is 1. The highest BCUT2D eigenvalue weighted by Gasteiger charge is 2.16. The smallest absolute Gasteiger partial charge is 0.116 e. The molecule has 0 N–H and O–H groups in total. The average Bonchev–Trinajstić information content (AvgIpc) is 2.09. The Morgan fingerprint density at radius 2 is 2.18 bits per heavy atom. The second-order valence-corrected chi connectivity index (χ2v) is 2.46. The predicted octanol–water partition coefficient (Wildman–Crippen LogP) is 0.397. The summed E-state index contributed by atoms with van der Waals surface area (Å²) >= 11 is 0. The highest BCUT2D eigenvalue weighted by molar-refractivity contribution is 5.03. The first kappa shape index (κ1) is 8.25. The van der Waals surface area contributed by atoms with Crippen LogP contribution in [0.3, 0.4) is 0 Å². The van der Waals surface area contributed by atoms with Gasteiger partial charge in [0.05, 0.1) is 19.3 Å². The third-order valence-corrected chi connectivity index (χ3v) is 1.79. The molecule has 1 rings (SSSR count). The maximum Gasteiger partial charge on any atom is 0.116 e. The average molecular weight is 152 g/mol. The second-order valence-electron chi connectivity index (χ2n) is 2.46. The highest BCUT2D eigenvalue weighted by atomic mass is 16.5. The van der Waals surface area contributed by atoms with Crippen LogP contribution in [0.2, 0.25) is 0 Å². The zero-order chi connectivity index (χ0) is 8.10. The Labute approximate surface area is 66.9 Å². The summed E-state index contributed by atoms with van der Waals surface area (Å²) in [6.07, 6.45) is 1.67. The van der Waals surface area contributed by atoms with Crippen LogP contribution in [0.15, 0.2) is 12.7 Å². The van der Waals surface area contributed by atoms with Crippen molar-refractivity contribution in [3.63, 3.8) is 0 Å². The minimum absolute atomic E-state index is 0.140. The van der Waals surface area contributed by atoms with Crippen molar-refractivity contribution < 1.29 is 4.74 Å². The van der Waals surface area contributed by atoms with E-state index in [-0.39, 0.29) is 6.04 Å². The van der Waals surface area contributed by atoms with Gasteiger partial charge in [0.2, 0.25) is 0 Å². The largest absolute Gasteiger partial charge is 0.379 e. The highest BCUT2D eigenvalue weighted by Crippen LogP contribution is 2.03. The van der Waals surface area contributed by atoms with Crippen molar-refractivity contribution in [2.24, 2.45) is 0 Å². The van der Waals surface area contributed by atoms with Gasteiger partial charge in [-0.25, -0.2) is 0 Å². The lowest BCUT2D eigenvalue weighted by molar-refractivity contribution is 0.0341. The first-order valence-electron chi connectivity index (χ1n) is 3.72. The first-order valence-corrected chi connectivity index (χ1v) is 3.72. The van der Waals surface area contributed by atoms with E-state index in [9.17, 15) is 0 Å². The number of hydrogen-bond donors (Lipinski definition) is 0. The van der Waals surface area contributed by atoms with E-state index in [1.807, 2.05) is 0 Å². The lowest BCUT2D eigenvalue weighted by Gasteiger charge is -2.28. The minimum atomic E-state index is -0.140. The van der Waals surface area contributed by atoms with Gasteiger partial charge in [0.15, 0.2) is 0 Å². The van der Waals surface area contributed by atoms with Gasteiger partial charge in [-0.2, -0.15) is 5.26 Å². The van der Waals surface area contributed by atoms with Crippen molar-refractivity contribution in [2.45, 2.75) is 6.04 Å². The third-order valence-electron chi connectivity index (χ3n) is 1.79. The van der Waals surface area contributed by atoms with Gasteiger partial charge in [-0.3, -0.25) is 4.90 Å². The van der Waals surface area contributed by atoms with Crippen LogP contribution < -0.4 is 0 Å². The lowest BCUT2D eigenvalue weighted by atomic mass is 10.2. The molecular weight excluding hydrogens is 140 g/mol. The van der Waals surface area contributed by atoms with Crippen LogP contribution in [0.4, 0.5) is 0 Å². The zero-order valence-electron chi connectivity index (χ0n) is 6.49. The summed E-state index contributed by atoms with van der Waals surface area (Å²) in [7, 11) is 0. The Hall–Kier alpha value is -0.850. The Bertz CT molecular complexity index is 167. The molecule has 11 heavy (non-hydrogen) atoms. The molecule has 0 saturated carbocycles. The molecule has 1 atom stereocenters. The molecule has 0 radical (unpaired) electrons. The van der Waals surface area contributed by atoms with Crippen molar-refractivity contribution in [1.29, 1.82) is 5.26 Å². The molecule has 1 aliphatic rings. The molecule has 0 aromatic rings. The molecule has 0 spiro atoms. The number of nitriles is 1. The number of nitrogens with zero attached hydrogens (tertiary/aromatic N) is 2. The van der Waals surface area contributed by atoms with E-state index >= 15 is 0 Å². The Balaban J connectivity index is 2.44. The maximum atomic E-state index is 8.67. The van der Waals surface area contributed by atoms with Crippen LogP contribution >= 0.6 is 0 Å². The van der Waals surface area contributed by atoms with Crippen molar-refractivity contribution in [3.8, 4) is 6.07 Å².